The van der Waals surface area contributed by atoms with Gasteiger partial charge in [0.05, 0.1) is 7.14 Å². The summed E-state index contributed by atoms with van der Waals surface area (Å²) in [6.45, 7) is 5.90. The third-order valence-corrected chi connectivity index (χ3v) is 4.05. The molecule has 0 aliphatic carbocycles. The molecule has 1 aromatic carbocycles. The lowest BCUT2D eigenvalue weighted by atomic mass is 10.0. The predicted octanol–water partition coefficient (Wildman–Crippen LogP) is 3.94. The number of unbranched alkanes of at least 4 members (excludes halogenated alkanes) is 1. The normalized spacial score (nSPS) is 11.7. The number of hydrogen-bond donors (Lipinski definition) is 0. The van der Waals surface area contributed by atoms with Crippen molar-refractivity contribution < 1.29 is 4.57 Å². The first-order chi connectivity index (χ1) is 6.99. The van der Waals surface area contributed by atoms with E-state index in [2.05, 4.69) is 31.2 Å². The molecule has 0 N–H and O–H groups in total. The highest BCUT2D eigenvalue weighted by Gasteiger charge is 2.06. The molecule has 0 spiro atoms. The van der Waals surface area contributed by atoms with Crippen LogP contribution in [0.3, 0.4) is 0 Å². The van der Waals surface area contributed by atoms with Gasteiger partial charge in [-0.05, 0) is 50.6 Å². The quantitative estimate of drug-likeness (QED) is 0.547. The molecule has 0 radical (unpaired) electrons. The third kappa shape index (κ3) is 5.18. The fourth-order valence-corrected chi connectivity index (χ4v) is 2.68. The van der Waals surface area contributed by atoms with Crippen molar-refractivity contribution in [3.05, 3.63) is 35.4 Å². The lowest BCUT2D eigenvalue weighted by molar-refractivity contribution is 0.579. The zero-order valence-corrected chi connectivity index (χ0v) is 10.9. The molecular formula is C13H21OP. The zero-order chi connectivity index (χ0) is 11.3. The van der Waals surface area contributed by atoms with E-state index < -0.39 is 7.14 Å². The molecular weight excluding hydrogens is 203 g/mol. The first kappa shape index (κ1) is 12.5. The van der Waals surface area contributed by atoms with Gasteiger partial charge in [-0.15, -0.1) is 0 Å². The number of rotatable bonds is 5. The van der Waals surface area contributed by atoms with Gasteiger partial charge in [-0.1, -0.05) is 24.3 Å². The van der Waals surface area contributed by atoms with Gasteiger partial charge in [0.25, 0.3) is 0 Å². The van der Waals surface area contributed by atoms with E-state index in [-0.39, 0.29) is 0 Å². The maximum atomic E-state index is 11.5. The molecule has 0 aliphatic rings. The first-order valence-corrected chi connectivity index (χ1v) is 8.36. The van der Waals surface area contributed by atoms with E-state index in [0.717, 1.165) is 25.4 Å². The molecule has 0 bridgehead atoms. The molecule has 0 amide bonds. The molecule has 1 rings (SSSR count). The lowest BCUT2D eigenvalue weighted by Crippen LogP contribution is -1.92. The molecule has 0 aromatic heterocycles. The molecule has 0 saturated carbocycles. The number of benzene rings is 1. The van der Waals surface area contributed by atoms with Crippen LogP contribution >= 0.6 is 7.14 Å². The van der Waals surface area contributed by atoms with Crippen LogP contribution in [0, 0.1) is 6.92 Å². The Balaban J connectivity index is 2.33. The van der Waals surface area contributed by atoms with Gasteiger partial charge in [0, 0.05) is 6.16 Å². The highest BCUT2D eigenvalue weighted by Crippen LogP contribution is 2.36. The van der Waals surface area contributed by atoms with Crippen molar-refractivity contribution in [3.63, 3.8) is 0 Å². The molecule has 84 valence electrons. The van der Waals surface area contributed by atoms with E-state index in [1.165, 1.54) is 11.1 Å². The summed E-state index contributed by atoms with van der Waals surface area (Å²) in [5.74, 6) is 0. The Hall–Kier alpha value is -0.550. The van der Waals surface area contributed by atoms with Crippen molar-refractivity contribution in [2.24, 2.45) is 0 Å². The average molecular weight is 224 g/mol. The van der Waals surface area contributed by atoms with E-state index >= 15 is 0 Å². The Bertz CT molecular complexity index is 351. The van der Waals surface area contributed by atoms with Gasteiger partial charge in [-0.25, -0.2) is 0 Å². The second-order valence-corrected chi connectivity index (χ2v) is 8.28. The standard InChI is InChI=1S/C13H21OP/c1-12-8-4-5-9-13(12)10-6-7-11-15(2,3)14/h4-5,8-9H,6-7,10-11H2,1-3H3. The Morgan fingerprint density at radius 1 is 1.13 bits per heavy atom. The fraction of sp³-hybridized carbons (Fsp3) is 0.538. The second kappa shape index (κ2) is 5.51. The smallest absolute Gasteiger partial charge is 0.0819 e. The largest absolute Gasteiger partial charge is 0.324 e. The summed E-state index contributed by atoms with van der Waals surface area (Å²) in [6, 6.07) is 8.50. The van der Waals surface area contributed by atoms with Gasteiger partial charge in [0.1, 0.15) is 0 Å². The van der Waals surface area contributed by atoms with Crippen LogP contribution in [0.4, 0.5) is 0 Å². The third-order valence-electron chi connectivity index (χ3n) is 2.65. The van der Waals surface area contributed by atoms with Crippen LogP contribution in [-0.4, -0.2) is 19.5 Å². The molecule has 1 aromatic rings. The molecule has 0 aliphatic heterocycles. The van der Waals surface area contributed by atoms with Crippen LogP contribution in [-0.2, 0) is 11.0 Å². The summed E-state index contributed by atoms with van der Waals surface area (Å²) in [4.78, 5) is 0. The zero-order valence-electron chi connectivity index (χ0n) is 9.99. The van der Waals surface area contributed by atoms with Crippen molar-refractivity contribution in [3.8, 4) is 0 Å². The first-order valence-electron chi connectivity index (χ1n) is 5.57. The molecule has 0 atom stereocenters. The van der Waals surface area contributed by atoms with Crippen molar-refractivity contribution in [1.82, 2.24) is 0 Å². The molecule has 15 heavy (non-hydrogen) atoms. The summed E-state index contributed by atoms with van der Waals surface area (Å²) >= 11 is 0. The Labute approximate surface area is 93.3 Å². The van der Waals surface area contributed by atoms with Crippen molar-refractivity contribution in [1.29, 1.82) is 0 Å². The summed E-state index contributed by atoms with van der Waals surface area (Å²) in [7, 11) is -1.80. The highest BCUT2D eigenvalue weighted by molar-refractivity contribution is 7.62. The van der Waals surface area contributed by atoms with Gasteiger partial charge in [-0.3, -0.25) is 0 Å². The van der Waals surface area contributed by atoms with Gasteiger partial charge in [-0.2, -0.15) is 0 Å². The Kier molecular flexibility index (Phi) is 4.60. The van der Waals surface area contributed by atoms with Crippen LogP contribution in [0.15, 0.2) is 24.3 Å². The minimum atomic E-state index is -1.80. The topological polar surface area (TPSA) is 17.1 Å². The van der Waals surface area contributed by atoms with E-state index in [0.29, 0.717) is 0 Å². The van der Waals surface area contributed by atoms with E-state index in [1.807, 2.05) is 13.3 Å². The maximum absolute atomic E-state index is 11.5. The molecule has 2 heteroatoms. The lowest BCUT2D eigenvalue weighted by Gasteiger charge is -2.07. The molecule has 0 heterocycles. The predicted molar refractivity (Wildman–Crippen MR) is 68.4 cm³/mol. The van der Waals surface area contributed by atoms with Crippen LogP contribution < -0.4 is 0 Å². The number of aryl methyl sites for hydroxylation is 2. The number of hydrogen-bond acceptors (Lipinski definition) is 1. The Morgan fingerprint density at radius 3 is 2.40 bits per heavy atom. The van der Waals surface area contributed by atoms with Crippen LogP contribution in [0.25, 0.3) is 0 Å². The van der Waals surface area contributed by atoms with Crippen molar-refractivity contribution >= 4 is 7.14 Å². The van der Waals surface area contributed by atoms with Gasteiger partial charge in [0.15, 0.2) is 0 Å². The second-order valence-electron chi connectivity index (χ2n) is 4.68. The summed E-state index contributed by atoms with van der Waals surface area (Å²) in [5.41, 5.74) is 2.80. The monoisotopic (exact) mass is 224 g/mol. The molecule has 0 fully saturated rings. The minimum absolute atomic E-state index is 0.888. The van der Waals surface area contributed by atoms with Gasteiger partial charge < -0.3 is 4.57 Å². The van der Waals surface area contributed by atoms with E-state index in [9.17, 15) is 4.57 Å². The minimum Gasteiger partial charge on any atom is -0.324 e. The van der Waals surface area contributed by atoms with Gasteiger partial charge >= 0.3 is 0 Å². The fourth-order valence-electron chi connectivity index (χ4n) is 1.70. The highest BCUT2D eigenvalue weighted by atomic mass is 31.2. The average Bonchev–Trinajstić information content (AvgIpc) is 2.13. The van der Waals surface area contributed by atoms with Crippen LogP contribution in [0.5, 0.6) is 0 Å². The van der Waals surface area contributed by atoms with Crippen molar-refractivity contribution in [2.45, 2.75) is 26.2 Å². The molecule has 0 saturated heterocycles. The van der Waals surface area contributed by atoms with E-state index in [4.69, 9.17) is 0 Å². The van der Waals surface area contributed by atoms with Crippen LogP contribution in [0.1, 0.15) is 24.0 Å². The molecule has 0 unspecified atom stereocenters. The Morgan fingerprint density at radius 2 is 1.80 bits per heavy atom. The van der Waals surface area contributed by atoms with Crippen LogP contribution in [0.2, 0.25) is 0 Å². The summed E-state index contributed by atoms with van der Waals surface area (Å²) in [5, 5.41) is 0. The van der Waals surface area contributed by atoms with Crippen molar-refractivity contribution in [2.75, 3.05) is 19.5 Å². The molecule has 1 nitrogen and oxygen atoms in total. The van der Waals surface area contributed by atoms with E-state index in [1.54, 1.807) is 0 Å². The summed E-state index contributed by atoms with van der Waals surface area (Å²) < 4.78 is 11.5. The maximum Gasteiger partial charge on any atom is 0.0819 e. The van der Waals surface area contributed by atoms with Gasteiger partial charge in [0.2, 0.25) is 0 Å². The summed E-state index contributed by atoms with van der Waals surface area (Å²) in [6.07, 6.45) is 4.24. The SMILES string of the molecule is Cc1ccccc1CCCCP(C)(C)=O.